The molecule has 0 N–H and O–H groups in total. The van der Waals surface area contributed by atoms with Gasteiger partial charge in [-0.15, -0.1) is 0 Å². The molecule has 64 heavy (non-hydrogen) atoms. The summed E-state index contributed by atoms with van der Waals surface area (Å²) in [6, 6.07) is 63.8. The van der Waals surface area contributed by atoms with Crippen LogP contribution in [0.15, 0.2) is 212 Å². The molecule has 3 unspecified atom stereocenters. The van der Waals surface area contributed by atoms with Crippen molar-refractivity contribution in [3.8, 4) is 39.1 Å². The molecular formula is C62H45NO. The molecule has 1 aliphatic heterocycles. The number of rotatable bonds is 4. The zero-order valence-corrected chi connectivity index (χ0v) is 36.0. The summed E-state index contributed by atoms with van der Waals surface area (Å²) >= 11 is 0. The minimum atomic E-state index is -0.373. The van der Waals surface area contributed by atoms with Crippen molar-refractivity contribution in [1.29, 1.82) is 0 Å². The van der Waals surface area contributed by atoms with E-state index in [9.17, 15) is 0 Å². The van der Waals surface area contributed by atoms with Crippen LogP contribution < -0.4 is 9.64 Å². The average Bonchev–Trinajstić information content (AvgIpc) is 4.04. The molecule has 1 heterocycles. The lowest BCUT2D eigenvalue weighted by Crippen LogP contribution is -2.33. The first kappa shape index (κ1) is 36.1. The Labute approximate surface area is 374 Å². The Bertz CT molecular complexity index is 3470. The predicted octanol–water partition coefficient (Wildman–Crippen LogP) is 15.4. The lowest BCUT2D eigenvalue weighted by molar-refractivity contribution is 0.253. The van der Waals surface area contributed by atoms with Crippen molar-refractivity contribution in [2.45, 2.75) is 49.5 Å². The van der Waals surface area contributed by atoms with Crippen molar-refractivity contribution in [2.24, 2.45) is 0 Å². The summed E-state index contributed by atoms with van der Waals surface area (Å²) in [4.78, 5) is 2.58. The third kappa shape index (κ3) is 4.60. The van der Waals surface area contributed by atoms with Crippen molar-refractivity contribution in [2.75, 3.05) is 4.90 Å². The SMILES string of the molecule is CC1(C)c2ccccc2-c2ccc(N(C3=CC=CC4c5c(cc(-c6ccccc6)c6ccccc56)OC34)c3cccc4c3-c3ccccc3C43C4=C(C=CCC4)c4ccccc43)cc21. The highest BCUT2D eigenvalue weighted by atomic mass is 16.5. The topological polar surface area (TPSA) is 12.5 Å². The predicted molar refractivity (Wildman–Crippen MR) is 263 cm³/mol. The largest absolute Gasteiger partial charge is 0.483 e. The quantitative estimate of drug-likeness (QED) is 0.175. The van der Waals surface area contributed by atoms with Gasteiger partial charge in [-0.05, 0) is 126 Å². The average molecular weight is 820 g/mol. The van der Waals surface area contributed by atoms with Crippen molar-refractivity contribution < 1.29 is 4.74 Å². The molecular weight excluding hydrogens is 775 g/mol. The van der Waals surface area contributed by atoms with Gasteiger partial charge in [-0.2, -0.15) is 0 Å². The van der Waals surface area contributed by atoms with Crippen LogP contribution in [-0.4, -0.2) is 6.10 Å². The van der Waals surface area contributed by atoms with Crippen LogP contribution in [-0.2, 0) is 10.8 Å². The molecule has 0 bridgehead atoms. The van der Waals surface area contributed by atoms with Crippen LogP contribution in [0.4, 0.5) is 11.4 Å². The van der Waals surface area contributed by atoms with E-state index in [2.05, 4.69) is 219 Å². The second-order valence-corrected chi connectivity index (χ2v) is 18.9. The zero-order valence-electron chi connectivity index (χ0n) is 36.0. The highest BCUT2D eigenvalue weighted by molar-refractivity contribution is 6.03. The number of anilines is 2. The number of fused-ring (bicyclic) bond motifs is 17. The molecule has 3 atom stereocenters. The van der Waals surface area contributed by atoms with Gasteiger partial charge in [0.2, 0.25) is 0 Å². The van der Waals surface area contributed by atoms with Gasteiger partial charge in [-0.3, -0.25) is 0 Å². The number of hydrogen-bond acceptors (Lipinski definition) is 2. The van der Waals surface area contributed by atoms with E-state index in [1.165, 1.54) is 99.9 Å². The third-order valence-corrected chi connectivity index (χ3v) is 15.5. The third-order valence-electron chi connectivity index (χ3n) is 15.5. The van der Waals surface area contributed by atoms with Gasteiger partial charge in [-0.1, -0.05) is 184 Å². The Balaban J connectivity index is 1.02. The van der Waals surface area contributed by atoms with Crippen LogP contribution >= 0.6 is 0 Å². The molecule has 0 saturated heterocycles. The van der Waals surface area contributed by atoms with Gasteiger partial charge in [0, 0.05) is 28.1 Å². The van der Waals surface area contributed by atoms with Crippen molar-refractivity contribution in [3.63, 3.8) is 0 Å². The van der Waals surface area contributed by atoms with Crippen LogP contribution in [0.25, 0.3) is 49.7 Å². The standard InChI is InChI=1S/C62H45NO/c1-61(2)49-27-12-8-21-41(49)44-35-34-39(36-54(44)61)63(56-33-16-26-47-58-45-24-7-6-20-40(45)48(37-57(58)64-60(47)56)38-18-4-3-5-19-38)55-32-17-31-53-59(55)46-25-11-15-30-52(46)62(53)50-28-13-9-22-42(50)43-23-10-14-29-51(43)62/h3-13,15-28,30-37,47,60H,14,29H2,1-2H3. The minimum absolute atomic E-state index is 0.0289. The van der Waals surface area contributed by atoms with E-state index in [0.29, 0.717) is 0 Å². The number of allylic oxidation sites excluding steroid dienone is 6. The van der Waals surface area contributed by atoms with Crippen molar-refractivity contribution in [1.82, 2.24) is 0 Å². The normalized spacial score (nSPS) is 20.8. The monoisotopic (exact) mass is 819 g/mol. The van der Waals surface area contributed by atoms with E-state index in [0.717, 1.165) is 30.0 Å². The number of ether oxygens (including phenoxy) is 1. The molecule has 2 heteroatoms. The Kier molecular flexibility index (Phi) is 7.37. The van der Waals surface area contributed by atoms with E-state index >= 15 is 0 Å². The van der Waals surface area contributed by atoms with Gasteiger partial charge in [-0.25, -0.2) is 0 Å². The molecule has 1 spiro atoms. The summed E-state index contributed by atoms with van der Waals surface area (Å²) in [6.07, 6.45) is 13.6. The van der Waals surface area contributed by atoms with Crippen molar-refractivity contribution in [3.05, 3.63) is 250 Å². The summed E-state index contributed by atoms with van der Waals surface area (Å²) < 4.78 is 7.43. The summed E-state index contributed by atoms with van der Waals surface area (Å²) in [6.45, 7) is 4.77. The molecule has 0 aromatic heterocycles. The summed E-state index contributed by atoms with van der Waals surface area (Å²) in [5, 5.41) is 2.51. The van der Waals surface area contributed by atoms with Crippen LogP contribution in [0.2, 0.25) is 0 Å². The Hall–Kier alpha value is -7.42. The van der Waals surface area contributed by atoms with E-state index in [1.54, 1.807) is 0 Å². The molecule has 14 rings (SSSR count). The fraction of sp³-hybridized carbons (Fsp3) is 0.129. The van der Waals surface area contributed by atoms with Crippen LogP contribution in [0.3, 0.4) is 0 Å². The first-order valence-corrected chi connectivity index (χ1v) is 23.0. The number of hydrogen-bond donors (Lipinski definition) is 0. The number of benzene rings is 8. The lowest BCUT2D eigenvalue weighted by Gasteiger charge is -2.36. The summed E-state index contributed by atoms with van der Waals surface area (Å²) in [7, 11) is 0. The molecule has 304 valence electrons. The van der Waals surface area contributed by atoms with E-state index in [-0.39, 0.29) is 22.9 Å². The van der Waals surface area contributed by atoms with Gasteiger partial charge in [0.15, 0.2) is 0 Å². The Morgan fingerprint density at radius 3 is 2.11 bits per heavy atom. The maximum Gasteiger partial charge on any atom is 0.149 e. The maximum atomic E-state index is 7.43. The highest BCUT2D eigenvalue weighted by Crippen LogP contribution is 2.66. The molecule has 8 aromatic carbocycles. The van der Waals surface area contributed by atoms with Crippen LogP contribution in [0.5, 0.6) is 5.75 Å². The molecule has 2 nitrogen and oxygen atoms in total. The second kappa shape index (κ2) is 13.1. The van der Waals surface area contributed by atoms with Gasteiger partial charge in [0.1, 0.15) is 11.9 Å². The Morgan fingerprint density at radius 2 is 1.27 bits per heavy atom. The van der Waals surface area contributed by atoms with Crippen LogP contribution in [0.1, 0.15) is 71.6 Å². The fourth-order valence-electron chi connectivity index (χ4n) is 12.9. The first-order chi connectivity index (χ1) is 31.5. The van der Waals surface area contributed by atoms with Crippen LogP contribution in [0, 0.1) is 0 Å². The molecule has 0 fully saturated rings. The van der Waals surface area contributed by atoms with E-state index < -0.39 is 0 Å². The maximum absolute atomic E-state index is 7.43. The molecule has 0 radical (unpaired) electrons. The molecule has 8 aromatic rings. The summed E-state index contributed by atoms with van der Waals surface area (Å²) in [5.74, 6) is 0.992. The number of nitrogens with zero attached hydrogens (tertiary/aromatic N) is 1. The zero-order chi connectivity index (χ0) is 42.3. The van der Waals surface area contributed by atoms with Crippen molar-refractivity contribution >= 4 is 27.7 Å². The van der Waals surface area contributed by atoms with Gasteiger partial charge >= 0.3 is 0 Å². The van der Waals surface area contributed by atoms with Gasteiger partial charge < -0.3 is 9.64 Å². The Morgan fingerprint density at radius 1 is 0.578 bits per heavy atom. The lowest BCUT2D eigenvalue weighted by atomic mass is 9.68. The fourth-order valence-corrected chi connectivity index (χ4v) is 12.9. The first-order valence-electron chi connectivity index (χ1n) is 23.0. The second-order valence-electron chi connectivity index (χ2n) is 18.9. The molecule has 5 aliphatic carbocycles. The van der Waals surface area contributed by atoms with E-state index in [4.69, 9.17) is 4.74 Å². The smallest absolute Gasteiger partial charge is 0.149 e. The van der Waals surface area contributed by atoms with E-state index in [1.807, 2.05) is 0 Å². The molecule has 6 aliphatic rings. The highest BCUT2D eigenvalue weighted by Gasteiger charge is 2.54. The summed E-state index contributed by atoms with van der Waals surface area (Å²) in [5.41, 5.74) is 23.0. The molecule has 0 saturated carbocycles. The minimum Gasteiger partial charge on any atom is -0.483 e. The van der Waals surface area contributed by atoms with Gasteiger partial charge in [0.05, 0.1) is 16.8 Å². The molecule has 0 amide bonds. The van der Waals surface area contributed by atoms with Gasteiger partial charge in [0.25, 0.3) is 0 Å².